The van der Waals surface area contributed by atoms with Crippen LogP contribution in [-0.4, -0.2) is 19.2 Å². The van der Waals surface area contributed by atoms with Crippen LogP contribution >= 0.6 is 0 Å². The molecule has 4 nitrogen and oxygen atoms in total. The number of amides is 1. The van der Waals surface area contributed by atoms with Crippen molar-refractivity contribution in [3.8, 4) is 0 Å². The zero-order valence-corrected chi connectivity index (χ0v) is 11.0. The Morgan fingerprint density at radius 1 is 1.35 bits per heavy atom. The van der Waals surface area contributed by atoms with Crippen molar-refractivity contribution in [1.29, 1.82) is 0 Å². The number of rotatable bonds is 5. The van der Waals surface area contributed by atoms with Gasteiger partial charge in [0.15, 0.2) is 0 Å². The highest BCUT2D eigenvalue weighted by Crippen LogP contribution is 2.42. The molecule has 0 bridgehead atoms. The van der Waals surface area contributed by atoms with Crippen LogP contribution in [0.5, 0.6) is 0 Å². The lowest BCUT2D eigenvalue weighted by Gasteiger charge is -2.32. The second-order valence-corrected chi connectivity index (χ2v) is 4.77. The molecule has 0 aromatic rings. The van der Waals surface area contributed by atoms with Crippen LogP contribution in [0.1, 0.15) is 33.1 Å². The van der Waals surface area contributed by atoms with E-state index in [0.29, 0.717) is 18.8 Å². The van der Waals surface area contributed by atoms with E-state index in [2.05, 4.69) is 5.73 Å². The average molecular weight is 240 g/mol. The molecule has 0 fully saturated rings. The molecular formula is C13H24N2O2. The molecule has 0 spiro atoms. The minimum absolute atomic E-state index is 0.245. The SMILES string of the molecule is CC(C)CC(C=O)C1(C(N)=O)CC=CC1.CN. The summed E-state index contributed by atoms with van der Waals surface area (Å²) >= 11 is 0. The van der Waals surface area contributed by atoms with E-state index in [0.717, 1.165) is 12.7 Å². The zero-order chi connectivity index (χ0) is 13.5. The molecule has 0 heterocycles. The van der Waals surface area contributed by atoms with Crippen LogP contribution in [0, 0.1) is 17.3 Å². The normalized spacial score (nSPS) is 18.4. The number of hydrogen-bond donors (Lipinski definition) is 2. The predicted molar refractivity (Wildman–Crippen MR) is 69.1 cm³/mol. The summed E-state index contributed by atoms with van der Waals surface area (Å²) in [6.07, 6.45) is 6.74. The second-order valence-electron chi connectivity index (χ2n) is 4.77. The summed E-state index contributed by atoms with van der Waals surface area (Å²) < 4.78 is 0. The summed E-state index contributed by atoms with van der Waals surface area (Å²) in [6.45, 7) is 4.10. The molecule has 1 aliphatic carbocycles. The van der Waals surface area contributed by atoms with Crippen LogP contribution in [-0.2, 0) is 9.59 Å². The quantitative estimate of drug-likeness (QED) is 0.560. The van der Waals surface area contributed by atoms with Gasteiger partial charge in [0.1, 0.15) is 6.29 Å². The Balaban J connectivity index is 0.00000121. The molecule has 1 aliphatic rings. The largest absolute Gasteiger partial charge is 0.369 e. The van der Waals surface area contributed by atoms with Gasteiger partial charge in [-0.05, 0) is 32.2 Å². The Kier molecular flexibility index (Phi) is 6.73. The number of nitrogens with two attached hydrogens (primary N) is 2. The number of allylic oxidation sites excluding steroid dienone is 2. The lowest BCUT2D eigenvalue weighted by atomic mass is 9.70. The Morgan fingerprint density at radius 3 is 2.12 bits per heavy atom. The first-order chi connectivity index (χ1) is 8.03. The monoisotopic (exact) mass is 240 g/mol. The van der Waals surface area contributed by atoms with E-state index >= 15 is 0 Å². The van der Waals surface area contributed by atoms with Crippen molar-refractivity contribution in [2.45, 2.75) is 33.1 Å². The predicted octanol–water partition coefficient (Wildman–Crippen LogP) is 1.24. The van der Waals surface area contributed by atoms with Crippen LogP contribution < -0.4 is 11.5 Å². The van der Waals surface area contributed by atoms with Crippen molar-refractivity contribution in [2.75, 3.05) is 7.05 Å². The van der Waals surface area contributed by atoms with E-state index in [1.54, 1.807) is 0 Å². The molecule has 0 aromatic carbocycles. The van der Waals surface area contributed by atoms with E-state index in [4.69, 9.17) is 5.73 Å². The third kappa shape index (κ3) is 3.66. The van der Waals surface area contributed by atoms with Crippen molar-refractivity contribution >= 4 is 12.2 Å². The lowest BCUT2D eigenvalue weighted by Crippen LogP contribution is -2.42. The van der Waals surface area contributed by atoms with Gasteiger partial charge in [-0.15, -0.1) is 0 Å². The fourth-order valence-corrected chi connectivity index (χ4v) is 2.28. The number of primary amides is 1. The van der Waals surface area contributed by atoms with Gasteiger partial charge in [0.25, 0.3) is 0 Å². The summed E-state index contributed by atoms with van der Waals surface area (Å²) in [4.78, 5) is 22.6. The molecule has 0 saturated carbocycles. The topological polar surface area (TPSA) is 86.2 Å². The van der Waals surface area contributed by atoms with Gasteiger partial charge in [-0.2, -0.15) is 0 Å². The Hall–Kier alpha value is -1.16. The number of carbonyl (C=O) groups excluding carboxylic acids is 2. The molecule has 4 heteroatoms. The van der Waals surface area contributed by atoms with E-state index in [1.165, 1.54) is 7.05 Å². The van der Waals surface area contributed by atoms with Gasteiger partial charge >= 0.3 is 0 Å². The third-order valence-electron chi connectivity index (χ3n) is 3.22. The highest BCUT2D eigenvalue weighted by molar-refractivity contribution is 5.85. The summed E-state index contributed by atoms with van der Waals surface area (Å²) in [5.41, 5.74) is 9.30. The molecule has 98 valence electrons. The average Bonchev–Trinajstić information content (AvgIpc) is 2.78. The fourth-order valence-electron chi connectivity index (χ4n) is 2.28. The summed E-state index contributed by atoms with van der Waals surface area (Å²) in [5, 5.41) is 0. The maximum absolute atomic E-state index is 11.5. The van der Waals surface area contributed by atoms with Gasteiger partial charge in [0, 0.05) is 5.92 Å². The van der Waals surface area contributed by atoms with Crippen molar-refractivity contribution in [3.05, 3.63) is 12.2 Å². The van der Waals surface area contributed by atoms with Crippen molar-refractivity contribution in [3.63, 3.8) is 0 Å². The molecule has 0 aromatic heterocycles. The van der Waals surface area contributed by atoms with Crippen molar-refractivity contribution < 1.29 is 9.59 Å². The Morgan fingerprint density at radius 2 is 1.82 bits per heavy atom. The standard InChI is InChI=1S/C12H19NO2.CH5N/c1-9(2)7-10(8-14)12(11(13)15)5-3-4-6-12;1-2/h3-4,8-10H,5-7H2,1-2H3,(H2,13,15);2H2,1H3. The van der Waals surface area contributed by atoms with Crippen LogP contribution in [0.15, 0.2) is 12.2 Å². The first kappa shape index (κ1) is 15.8. The minimum atomic E-state index is -0.647. The fraction of sp³-hybridized carbons (Fsp3) is 0.692. The summed E-state index contributed by atoms with van der Waals surface area (Å²) in [7, 11) is 1.50. The number of hydrogen-bond acceptors (Lipinski definition) is 3. The van der Waals surface area contributed by atoms with Crippen LogP contribution in [0.25, 0.3) is 0 Å². The second kappa shape index (κ2) is 7.22. The number of carbonyl (C=O) groups is 2. The van der Waals surface area contributed by atoms with Crippen molar-refractivity contribution in [1.82, 2.24) is 0 Å². The Labute approximate surface area is 103 Å². The molecule has 4 N–H and O–H groups in total. The minimum Gasteiger partial charge on any atom is -0.369 e. The van der Waals surface area contributed by atoms with Gasteiger partial charge < -0.3 is 16.3 Å². The molecule has 1 amide bonds. The van der Waals surface area contributed by atoms with Crippen LogP contribution in [0.4, 0.5) is 0 Å². The smallest absolute Gasteiger partial charge is 0.224 e. The maximum Gasteiger partial charge on any atom is 0.224 e. The molecule has 0 radical (unpaired) electrons. The zero-order valence-electron chi connectivity index (χ0n) is 11.0. The first-order valence-corrected chi connectivity index (χ1v) is 6.01. The molecule has 0 saturated heterocycles. The molecule has 1 rings (SSSR count). The van der Waals surface area contributed by atoms with E-state index < -0.39 is 5.41 Å². The van der Waals surface area contributed by atoms with E-state index in [9.17, 15) is 9.59 Å². The van der Waals surface area contributed by atoms with Crippen molar-refractivity contribution in [2.24, 2.45) is 28.7 Å². The lowest BCUT2D eigenvalue weighted by molar-refractivity contribution is -0.134. The van der Waals surface area contributed by atoms with Gasteiger partial charge in [0.2, 0.25) is 5.91 Å². The molecule has 1 atom stereocenters. The van der Waals surface area contributed by atoms with Gasteiger partial charge in [-0.1, -0.05) is 26.0 Å². The highest BCUT2D eigenvalue weighted by atomic mass is 16.1. The highest BCUT2D eigenvalue weighted by Gasteiger charge is 2.44. The summed E-state index contributed by atoms with van der Waals surface area (Å²) in [5.74, 6) is -0.188. The maximum atomic E-state index is 11.5. The molecule has 0 aliphatic heterocycles. The van der Waals surface area contributed by atoms with Gasteiger partial charge in [-0.3, -0.25) is 4.79 Å². The number of aldehydes is 1. The Bertz CT molecular complexity index is 277. The molecule has 17 heavy (non-hydrogen) atoms. The third-order valence-corrected chi connectivity index (χ3v) is 3.22. The van der Waals surface area contributed by atoms with E-state index in [1.807, 2.05) is 26.0 Å². The van der Waals surface area contributed by atoms with Crippen LogP contribution in [0.3, 0.4) is 0 Å². The van der Waals surface area contributed by atoms with Gasteiger partial charge in [0.05, 0.1) is 5.41 Å². The van der Waals surface area contributed by atoms with E-state index in [-0.39, 0.29) is 11.8 Å². The first-order valence-electron chi connectivity index (χ1n) is 6.01. The molecule has 1 unspecified atom stereocenters. The van der Waals surface area contributed by atoms with Crippen LogP contribution in [0.2, 0.25) is 0 Å². The molecular weight excluding hydrogens is 216 g/mol. The summed E-state index contributed by atoms with van der Waals surface area (Å²) in [6, 6.07) is 0. The van der Waals surface area contributed by atoms with Gasteiger partial charge in [-0.25, -0.2) is 0 Å².